The normalized spacial score (nSPS) is 17.0. The SMILES string of the molecule is CCN(CCCC(F)(F)F)c1ccc(/C=C/C2=CC(=C/C=C(C#N)C#N)/CC(C)(C)C2)s1. The zero-order chi connectivity index (χ0) is 23.8. The molecule has 1 aromatic heterocycles. The molecule has 0 radical (unpaired) electrons. The minimum atomic E-state index is -4.11. The van der Waals surface area contributed by atoms with Crippen LogP contribution < -0.4 is 4.90 Å². The van der Waals surface area contributed by atoms with E-state index < -0.39 is 12.6 Å². The van der Waals surface area contributed by atoms with Gasteiger partial charge in [0.2, 0.25) is 0 Å². The van der Waals surface area contributed by atoms with Gasteiger partial charge in [-0.3, -0.25) is 0 Å². The number of hydrogen-bond donors (Lipinski definition) is 0. The second-order valence-corrected chi connectivity index (χ2v) is 9.68. The van der Waals surface area contributed by atoms with E-state index in [9.17, 15) is 13.2 Å². The Kier molecular flexibility index (Phi) is 8.92. The maximum atomic E-state index is 12.4. The molecule has 32 heavy (non-hydrogen) atoms. The monoisotopic (exact) mass is 459 g/mol. The average Bonchev–Trinajstić information content (AvgIpc) is 3.17. The van der Waals surface area contributed by atoms with Gasteiger partial charge in [-0.25, -0.2) is 0 Å². The van der Waals surface area contributed by atoms with Crippen LogP contribution >= 0.6 is 11.3 Å². The fourth-order valence-electron chi connectivity index (χ4n) is 3.70. The Bertz CT molecular complexity index is 979. The van der Waals surface area contributed by atoms with Crippen molar-refractivity contribution < 1.29 is 13.2 Å². The fraction of sp³-hybridized carbons (Fsp3) is 0.440. The molecule has 1 heterocycles. The maximum Gasteiger partial charge on any atom is 0.389 e. The maximum absolute atomic E-state index is 12.4. The van der Waals surface area contributed by atoms with Crippen LogP contribution in [0.15, 0.2) is 53.2 Å². The molecule has 0 fully saturated rings. The summed E-state index contributed by atoms with van der Waals surface area (Å²) in [7, 11) is 0. The van der Waals surface area contributed by atoms with Gasteiger partial charge in [0.1, 0.15) is 17.7 Å². The van der Waals surface area contributed by atoms with Crippen LogP contribution in [-0.4, -0.2) is 19.3 Å². The van der Waals surface area contributed by atoms with Gasteiger partial charge in [0, 0.05) is 24.4 Å². The molecule has 0 spiro atoms. The zero-order valence-corrected chi connectivity index (χ0v) is 19.5. The molecule has 1 aliphatic carbocycles. The van der Waals surface area contributed by atoms with E-state index in [0.717, 1.165) is 33.9 Å². The van der Waals surface area contributed by atoms with Crippen molar-refractivity contribution >= 4 is 22.4 Å². The Labute approximate surface area is 192 Å². The molecule has 0 aliphatic heterocycles. The topological polar surface area (TPSA) is 50.8 Å². The highest BCUT2D eigenvalue weighted by Gasteiger charge is 2.26. The Morgan fingerprint density at radius 3 is 2.53 bits per heavy atom. The molecule has 0 amide bonds. The minimum Gasteiger partial charge on any atom is -0.364 e. The van der Waals surface area contributed by atoms with Gasteiger partial charge in [-0.1, -0.05) is 32.1 Å². The zero-order valence-electron chi connectivity index (χ0n) is 18.7. The highest BCUT2D eigenvalue weighted by atomic mass is 32.1. The van der Waals surface area contributed by atoms with Crippen molar-refractivity contribution in [1.29, 1.82) is 10.5 Å². The molecule has 0 atom stereocenters. The molecule has 3 nitrogen and oxygen atoms in total. The van der Waals surface area contributed by atoms with Crippen LogP contribution in [0.1, 0.15) is 51.3 Å². The third-order valence-corrected chi connectivity index (χ3v) is 6.21. The van der Waals surface area contributed by atoms with Gasteiger partial charge in [0.25, 0.3) is 0 Å². The molecular weight excluding hydrogens is 431 g/mol. The van der Waals surface area contributed by atoms with Crippen LogP contribution in [0.25, 0.3) is 6.08 Å². The second kappa shape index (κ2) is 11.2. The Morgan fingerprint density at radius 1 is 1.19 bits per heavy atom. The summed E-state index contributed by atoms with van der Waals surface area (Å²) in [4.78, 5) is 3.02. The predicted molar refractivity (Wildman–Crippen MR) is 125 cm³/mol. The van der Waals surface area contributed by atoms with E-state index >= 15 is 0 Å². The lowest BCUT2D eigenvalue weighted by Gasteiger charge is -2.30. The summed E-state index contributed by atoms with van der Waals surface area (Å²) < 4.78 is 37.3. The molecule has 0 bridgehead atoms. The van der Waals surface area contributed by atoms with Crippen LogP contribution in [0.5, 0.6) is 0 Å². The molecule has 0 saturated heterocycles. The van der Waals surface area contributed by atoms with Crippen LogP contribution in [0, 0.1) is 28.1 Å². The molecule has 0 N–H and O–H groups in total. The molecule has 0 aromatic carbocycles. The summed E-state index contributed by atoms with van der Waals surface area (Å²) >= 11 is 1.57. The summed E-state index contributed by atoms with van der Waals surface area (Å²) in [5.74, 6) is 0. The molecule has 1 aromatic rings. The Balaban J connectivity index is 2.12. The van der Waals surface area contributed by atoms with Crippen LogP contribution in [0.3, 0.4) is 0 Å². The number of allylic oxidation sites excluding steroid dienone is 7. The molecule has 7 heteroatoms. The lowest BCUT2D eigenvalue weighted by atomic mass is 9.75. The Hall–Kier alpha value is -2.77. The number of anilines is 1. The predicted octanol–water partition coefficient (Wildman–Crippen LogP) is 7.58. The third kappa shape index (κ3) is 8.40. The van der Waals surface area contributed by atoms with Gasteiger partial charge in [0.05, 0.1) is 5.00 Å². The van der Waals surface area contributed by atoms with E-state index in [1.807, 2.05) is 48.2 Å². The van der Waals surface area contributed by atoms with Crippen molar-refractivity contribution in [1.82, 2.24) is 0 Å². The Morgan fingerprint density at radius 2 is 1.91 bits per heavy atom. The molecule has 170 valence electrons. The average molecular weight is 460 g/mol. The van der Waals surface area contributed by atoms with E-state index in [0.29, 0.717) is 13.1 Å². The largest absolute Gasteiger partial charge is 0.389 e. The number of nitrogens with zero attached hydrogens (tertiary/aromatic N) is 3. The van der Waals surface area contributed by atoms with Gasteiger partial charge < -0.3 is 4.90 Å². The first-order valence-corrected chi connectivity index (χ1v) is 11.4. The van der Waals surface area contributed by atoms with Gasteiger partial charge in [0.15, 0.2) is 0 Å². The van der Waals surface area contributed by atoms with E-state index in [2.05, 4.69) is 26.0 Å². The van der Waals surface area contributed by atoms with Gasteiger partial charge >= 0.3 is 6.18 Å². The summed E-state index contributed by atoms with van der Waals surface area (Å²) in [5, 5.41) is 18.8. The van der Waals surface area contributed by atoms with Crippen molar-refractivity contribution in [3.63, 3.8) is 0 Å². The molecule has 0 unspecified atom stereocenters. The molecule has 2 rings (SSSR count). The van der Waals surface area contributed by atoms with Crippen molar-refractivity contribution in [2.75, 3.05) is 18.0 Å². The highest BCUT2D eigenvalue weighted by molar-refractivity contribution is 7.16. The van der Waals surface area contributed by atoms with Crippen molar-refractivity contribution in [2.45, 2.75) is 52.6 Å². The van der Waals surface area contributed by atoms with E-state index in [1.165, 1.54) is 0 Å². The molecule has 1 aliphatic rings. The summed E-state index contributed by atoms with van der Waals surface area (Å²) in [6.07, 6.45) is 6.57. The molecular formula is C25H28F3N3S. The first kappa shape index (κ1) is 25.5. The first-order chi connectivity index (χ1) is 15.0. The standard InChI is InChI=1S/C25H28F3N3S/c1-4-31(13-5-12-25(26,27)28)23-11-10-22(32-23)9-8-20-14-19(15-24(2,3)16-20)6-7-21(17-29)18-30/h6-11,14H,4-5,12-13,15-16H2,1-3H3/b9-8+,19-6-. The van der Waals surface area contributed by atoms with Crippen LogP contribution in [0.4, 0.5) is 18.2 Å². The number of thiophene rings is 1. The van der Waals surface area contributed by atoms with Gasteiger partial charge in [-0.05, 0) is 67.0 Å². The van der Waals surface area contributed by atoms with E-state index in [1.54, 1.807) is 17.4 Å². The lowest BCUT2D eigenvalue weighted by Crippen LogP contribution is -2.24. The summed E-state index contributed by atoms with van der Waals surface area (Å²) in [5.41, 5.74) is 2.36. The number of nitriles is 2. The minimum absolute atomic E-state index is 0.0612. The third-order valence-electron chi connectivity index (χ3n) is 5.10. The first-order valence-electron chi connectivity index (χ1n) is 10.6. The summed E-state index contributed by atoms with van der Waals surface area (Å²) in [6.45, 7) is 7.36. The van der Waals surface area contributed by atoms with E-state index in [4.69, 9.17) is 10.5 Å². The quantitative estimate of drug-likeness (QED) is 0.377. The van der Waals surface area contributed by atoms with Crippen LogP contribution in [0.2, 0.25) is 0 Å². The summed E-state index contributed by atoms with van der Waals surface area (Å²) in [6, 6.07) is 7.69. The number of alkyl halides is 3. The van der Waals surface area contributed by atoms with Gasteiger partial charge in [-0.15, -0.1) is 11.3 Å². The number of halogens is 3. The lowest BCUT2D eigenvalue weighted by molar-refractivity contribution is -0.135. The van der Waals surface area contributed by atoms with Crippen molar-refractivity contribution in [3.8, 4) is 12.1 Å². The highest BCUT2D eigenvalue weighted by Crippen LogP contribution is 2.39. The van der Waals surface area contributed by atoms with Crippen molar-refractivity contribution in [2.24, 2.45) is 5.41 Å². The van der Waals surface area contributed by atoms with E-state index in [-0.39, 0.29) is 17.4 Å². The second-order valence-electron chi connectivity index (χ2n) is 8.59. The van der Waals surface area contributed by atoms with Crippen molar-refractivity contribution in [3.05, 3.63) is 58.0 Å². The fourth-order valence-corrected chi connectivity index (χ4v) is 4.70. The number of rotatable bonds is 8. The number of hydrogen-bond acceptors (Lipinski definition) is 4. The van der Waals surface area contributed by atoms with Gasteiger partial charge in [-0.2, -0.15) is 23.7 Å². The van der Waals surface area contributed by atoms with Crippen LogP contribution in [-0.2, 0) is 0 Å². The smallest absolute Gasteiger partial charge is 0.364 e. The molecule has 0 saturated carbocycles.